The van der Waals surface area contributed by atoms with E-state index in [1.165, 1.54) is 6.08 Å². The molecule has 21 heavy (non-hydrogen) atoms. The van der Waals surface area contributed by atoms with Crippen LogP contribution in [0.1, 0.15) is 24.0 Å². The van der Waals surface area contributed by atoms with E-state index in [0.717, 1.165) is 11.1 Å². The van der Waals surface area contributed by atoms with E-state index in [1.54, 1.807) is 6.08 Å². The molecule has 0 aliphatic carbocycles. The van der Waals surface area contributed by atoms with Gasteiger partial charge in [0.25, 0.3) is 0 Å². The summed E-state index contributed by atoms with van der Waals surface area (Å²) in [6.07, 6.45) is 2.34. The van der Waals surface area contributed by atoms with Crippen LogP contribution >= 0.6 is 0 Å². The SMILES string of the molecule is Cc1ccccc1/C=C/C(=O)NC(CCC(=O)O)C(=O)O. The predicted octanol–water partition coefficient (Wildman–Crippen LogP) is 1.44. The van der Waals surface area contributed by atoms with Gasteiger partial charge in [-0.15, -0.1) is 0 Å². The summed E-state index contributed by atoms with van der Waals surface area (Å²) in [6, 6.07) is 6.22. The Hall–Kier alpha value is -2.63. The van der Waals surface area contributed by atoms with Crippen molar-refractivity contribution in [2.45, 2.75) is 25.8 Å². The van der Waals surface area contributed by atoms with Crippen LogP contribution < -0.4 is 5.32 Å². The number of carbonyl (C=O) groups excluding carboxylic acids is 1. The second-order valence-corrected chi connectivity index (χ2v) is 4.52. The summed E-state index contributed by atoms with van der Waals surface area (Å²) in [6.45, 7) is 1.89. The Morgan fingerprint density at radius 1 is 1.24 bits per heavy atom. The number of rotatable bonds is 7. The number of carboxylic acids is 2. The Balaban J connectivity index is 2.64. The highest BCUT2D eigenvalue weighted by Gasteiger charge is 2.19. The summed E-state index contributed by atoms with van der Waals surface area (Å²) in [5.74, 6) is -2.93. The van der Waals surface area contributed by atoms with Crippen molar-refractivity contribution in [3.63, 3.8) is 0 Å². The van der Waals surface area contributed by atoms with Crippen molar-refractivity contribution in [2.24, 2.45) is 0 Å². The lowest BCUT2D eigenvalue weighted by atomic mass is 10.1. The van der Waals surface area contributed by atoms with Gasteiger partial charge >= 0.3 is 11.9 Å². The molecular formula is C15H17NO5. The molecule has 1 aromatic rings. The van der Waals surface area contributed by atoms with Gasteiger partial charge in [0.15, 0.2) is 0 Å². The average molecular weight is 291 g/mol. The minimum absolute atomic E-state index is 0.158. The van der Waals surface area contributed by atoms with E-state index in [-0.39, 0.29) is 12.8 Å². The van der Waals surface area contributed by atoms with Gasteiger partial charge in [-0.05, 0) is 30.5 Å². The highest BCUT2D eigenvalue weighted by Crippen LogP contribution is 2.08. The highest BCUT2D eigenvalue weighted by atomic mass is 16.4. The fraction of sp³-hybridized carbons (Fsp3) is 0.267. The lowest BCUT2D eigenvalue weighted by molar-refractivity contribution is -0.142. The van der Waals surface area contributed by atoms with Crippen LogP contribution in [0.3, 0.4) is 0 Å². The Labute approximate surface area is 122 Å². The lowest BCUT2D eigenvalue weighted by Gasteiger charge is -2.11. The maximum atomic E-state index is 11.7. The molecule has 0 aromatic heterocycles. The van der Waals surface area contributed by atoms with Crippen LogP contribution in [-0.4, -0.2) is 34.1 Å². The molecular weight excluding hydrogens is 274 g/mol. The molecule has 0 fully saturated rings. The first kappa shape index (κ1) is 16.4. The van der Waals surface area contributed by atoms with Crippen molar-refractivity contribution < 1.29 is 24.6 Å². The van der Waals surface area contributed by atoms with E-state index < -0.39 is 23.9 Å². The number of amides is 1. The zero-order valence-corrected chi connectivity index (χ0v) is 11.6. The second-order valence-electron chi connectivity index (χ2n) is 4.52. The number of aliphatic carboxylic acids is 2. The summed E-state index contributed by atoms with van der Waals surface area (Å²) in [7, 11) is 0. The minimum Gasteiger partial charge on any atom is -0.481 e. The van der Waals surface area contributed by atoms with Crippen LogP contribution in [-0.2, 0) is 14.4 Å². The normalized spacial score (nSPS) is 12.0. The quantitative estimate of drug-likeness (QED) is 0.659. The first-order chi connectivity index (χ1) is 9.90. The molecule has 0 heterocycles. The molecule has 0 aliphatic rings. The number of carbonyl (C=O) groups is 3. The maximum Gasteiger partial charge on any atom is 0.326 e. The first-order valence-electron chi connectivity index (χ1n) is 6.39. The number of benzene rings is 1. The monoisotopic (exact) mass is 291 g/mol. The molecule has 1 aromatic carbocycles. The van der Waals surface area contributed by atoms with Crippen LogP contribution in [0.4, 0.5) is 0 Å². The molecule has 6 nitrogen and oxygen atoms in total. The van der Waals surface area contributed by atoms with Gasteiger partial charge in [-0.25, -0.2) is 4.79 Å². The Bertz CT molecular complexity index is 565. The Morgan fingerprint density at radius 3 is 2.48 bits per heavy atom. The minimum atomic E-state index is -1.26. The summed E-state index contributed by atoms with van der Waals surface area (Å²) >= 11 is 0. The smallest absolute Gasteiger partial charge is 0.326 e. The molecule has 1 unspecified atom stereocenters. The number of hydrogen-bond donors (Lipinski definition) is 3. The molecule has 1 atom stereocenters. The Kier molecular flexibility index (Phi) is 6.13. The molecule has 6 heteroatoms. The molecule has 1 rings (SSSR count). The van der Waals surface area contributed by atoms with E-state index in [1.807, 2.05) is 31.2 Å². The number of nitrogens with one attached hydrogen (secondary N) is 1. The molecule has 0 saturated heterocycles. The summed E-state index contributed by atoms with van der Waals surface area (Å²) in [5, 5.41) is 19.7. The van der Waals surface area contributed by atoms with Crippen molar-refractivity contribution in [1.82, 2.24) is 5.32 Å². The molecule has 0 radical (unpaired) electrons. The van der Waals surface area contributed by atoms with Gasteiger partial charge in [-0.1, -0.05) is 24.3 Å². The van der Waals surface area contributed by atoms with Gasteiger partial charge in [0, 0.05) is 12.5 Å². The molecule has 0 saturated carbocycles. The number of aryl methyl sites for hydroxylation is 1. The van der Waals surface area contributed by atoms with Crippen molar-refractivity contribution in [3.05, 3.63) is 41.5 Å². The fourth-order valence-electron chi connectivity index (χ4n) is 1.68. The molecule has 3 N–H and O–H groups in total. The van der Waals surface area contributed by atoms with Crippen LogP contribution in [0.5, 0.6) is 0 Å². The van der Waals surface area contributed by atoms with E-state index in [2.05, 4.69) is 5.32 Å². The first-order valence-corrected chi connectivity index (χ1v) is 6.39. The van der Waals surface area contributed by atoms with Gasteiger partial charge in [-0.2, -0.15) is 0 Å². The van der Waals surface area contributed by atoms with E-state index in [4.69, 9.17) is 10.2 Å². The third-order valence-corrected chi connectivity index (χ3v) is 2.86. The molecule has 112 valence electrons. The van der Waals surface area contributed by atoms with Crippen LogP contribution in [0.25, 0.3) is 6.08 Å². The van der Waals surface area contributed by atoms with Crippen molar-refractivity contribution in [3.8, 4) is 0 Å². The van der Waals surface area contributed by atoms with E-state index >= 15 is 0 Å². The van der Waals surface area contributed by atoms with E-state index in [0.29, 0.717) is 0 Å². The third kappa shape index (κ3) is 5.90. The summed E-state index contributed by atoms with van der Waals surface area (Å²) in [4.78, 5) is 33.1. The van der Waals surface area contributed by atoms with Crippen molar-refractivity contribution in [1.29, 1.82) is 0 Å². The largest absolute Gasteiger partial charge is 0.481 e. The maximum absolute atomic E-state index is 11.7. The highest BCUT2D eigenvalue weighted by molar-refractivity contribution is 5.94. The molecule has 0 bridgehead atoms. The van der Waals surface area contributed by atoms with Crippen LogP contribution in [0, 0.1) is 6.92 Å². The number of hydrogen-bond acceptors (Lipinski definition) is 3. The van der Waals surface area contributed by atoms with Gasteiger partial charge in [0.05, 0.1) is 0 Å². The van der Waals surface area contributed by atoms with Crippen molar-refractivity contribution >= 4 is 23.9 Å². The molecule has 0 spiro atoms. The second kappa shape index (κ2) is 7.84. The van der Waals surface area contributed by atoms with Crippen LogP contribution in [0.2, 0.25) is 0 Å². The average Bonchev–Trinajstić information content (AvgIpc) is 2.42. The van der Waals surface area contributed by atoms with Gasteiger partial charge in [0.1, 0.15) is 6.04 Å². The summed E-state index contributed by atoms with van der Waals surface area (Å²) in [5.41, 5.74) is 1.84. The molecule has 0 aliphatic heterocycles. The Morgan fingerprint density at radius 2 is 1.90 bits per heavy atom. The van der Waals surface area contributed by atoms with Gasteiger partial charge < -0.3 is 15.5 Å². The van der Waals surface area contributed by atoms with E-state index in [9.17, 15) is 14.4 Å². The number of carboxylic acid groups (broad SMARTS) is 2. The topological polar surface area (TPSA) is 104 Å². The van der Waals surface area contributed by atoms with Gasteiger partial charge in [-0.3, -0.25) is 9.59 Å². The van der Waals surface area contributed by atoms with Crippen molar-refractivity contribution in [2.75, 3.05) is 0 Å². The van der Waals surface area contributed by atoms with Gasteiger partial charge in [0.2, 0.25) is 5.91 Å². The zero-order chi connectivity index (χ0) is 15.8. The molecule has 1 amide bonds. The lowest BCUT2D eigenvalue weighted by Crippen LogP contribution is -2.40. The standard InChI is InChI=1S/C15H17NO5/c1-10-4-2-3-5-11(10)6-8-13(17)16-12(15(20)21)7-9-14(18)19/h2-6,8,12H,7,9H2,1H3,(H,16,17)(H,18,19)(H,20,21)/b8-6+. The zero-order valence-electron chi connectivity index (χ0n) is 11.6. The predicted molar refractivity (Wildman–Crippen MR) is 76.6 cm³/mol. The fourth-order valence-corrected chi connectivity index (χ4v) is 1.68. The summed E-state index contributed by atoms with van der Waals surface area (Å²) < 4.78 is 0. The third-order valence-electron chi connectivity index (χ3n) is 2.86. The van der Waals surface area contributed by atoms with Crippen LogP contribution in [0.15, 0.2) is 30.3 Å².